The van der Waals surface area contributed by atoms with Gasteiger partial charge in [0.25, 0.3) is 0 Å². The van der Waals surface area contributed by atoms with Crippen molar-refractivity contribution in [1.82, 2.24) is 24.5 Å². The van der Waals surface area contributed by atoms with E-state index in [9.17, 15) is 9.90 Å². The van der Waals surface area contributed by atoms with Gasteiger partial charge in [-0.3, -0.25) is 9.48 Å². The molecule has 3 rings (SSSR count). The van der Waals surface area contributed by atoms with Crippen molar-refractivity contribution < 1.29 is 9.90 Å². The van der Waals surface area contributed by atoms with E-state index in [1.807, 2.05) is 14.0 Å². The Labute approximate surface area is 121 Å². The van der Waals surface area contributed by atoms with Crippen molar-refractivity contribution in [2.24, 2.45) is 13.0 Å². The summed E-state index contributed by atoms with van der Waals surface area (Å²) in [6.07, 6.45) is 3.11. The molecule has 3 atom stereocenters. The number of aromatic nitrogens is 5. The van der Waals surface area contributed by atoms with Crippen LogP contribution in [-0.4, -0.2) is 41.2 Å². The van der Waals surface area contributed by atoms with Gasteiger partial charge < -0.3 is 10.4 Å². The van der Waals surface area contributed by atoms with Crippen LogP contribution < -0.4 is 5.32 Å². The Balaban J connectivity index is 2.23. The number of hydrogen-bond donors (Lipinski definition) is 2. The minimum atomic E-state index is -1.40. The summed E-state index contributed by atoms with van der Waals surface area (Å²) in [5.41, 5.74) is 0.374. The number of anilines is 1. The van der Waals surface area contributed by atoms with Crippen molar-refractivity contribution in [2.45, 2.75) is 32.5 Å². The molecule has 2 aromatic rings. The quantitative estimate of drug-likeness (QED) is 0.822. The maximum Gasteiger partial charge on any atom is 0.223 e. The number of aryl methyl sites for hydroxylation is 1. The summed E-state index contributed by atoms with van der Waals surface area (Å²) in [7, 11) is 1.84. The number of carbonyl (C=O) groups excluding carboxylic acids is 1. The summed E-state index contributed by atoms with van der Waals surface area (Å²) >= 11 is 0. The van der Waals surface area contributed by atoms with Gasteiger partial charge in [-0.2, -0.15) is 15.2 Å². The van der Waals surface area contributed by atoms with Gasteiger partial charge in [0, 0.05) is 18.3 Å². The Morgan fingerprint density at radius 1 is 1.48 bits per heavy atom. The highest BCUT2D eigenvalue weighted by Crippen LogP contribution is 2.41. The monoisotopic (exact) mass is 290 g/mol. The molecule has 0 aliphatic carbocycles. The molecule has 1 aliphatic heterocycles. The largest absolute Gasteiger partial charge is 0.370 e. The van der Waals surface area contributed by atoms with Crippen LogP contribution in [0.4, 0.5) is 5.95 Å². The van der Waals surface area contributed by atoms with E-state index < -0.39 is 17.7 Å². The van der Waals surface area contributed by atoms with Crippen molar-refractivity contribution in [1.29, 1.82) is 0 Å². The van der Waals surface area contributed by atoms with E-state index >= 15 is 0 Å². The molecule has 0 fully saturated rings. The molecule has 2 aromatic heterocycles. The molecule has 1 aliphatic rings. The summed E-state index contributed by atoms with van der Waals surface area (Å²) in [6, 6.07) is -0.440. The van der Waals surface area contributed by atoms with E-state index in [2.05, 4.69) is 20.5 Å². The van der Waals surface area contributed by atoms with Gasteiger partial charge in [-0.05, 0) is 20.8 Å². The van der Waals surface area contributed by atoms with Crippen LogP contribution in [0.3, 0.4) is 0 Å². The zero-order valence-corrected chi connectivity index (χ0v) is 12.4. The summed E-state index contributed by atoms with van der Waals surface area (Å²) < 4.78 is 3.37. The van der Waals surface area contributed by atoms with Crippen molar-refractivity contribution in [3.05, 3.63) is 23.8 Å². The molecule has 3 heterocycles. The lowest BCUT2D eigenvalue weighted by molar-refractivity contribution is -0.130. The molecule has 0 aromatic carbocycles. The highest BCUT2D eigenvalue weighted by molar-refractivity contribution is 5.81. The van der Waals surface area contributed by atoms with Crippen molar-refractivity contribution in [2.75, 3.05) is 5.32 Å². The minimum absolute atomic E-state index is 0.123. The molecule has 2 N–H and O–H groups in total. The second-order valence-electron chi connectivity index (χ2n) is 5.64. The van der Waals surface area contributed by atoms with E-state index in [0.717, 1.165) is 11.3 Å². The van der Waals surface area contributed by atoms with Crippen LogP contribution >= 0.6 is 0 Å². The number of nitrogens with one attached hydrogen (secondary N) is 1. The molecule has 0 saturated heterocycles. The number of ketones is 1. The first-order valence-electron chi connectivity index (χ1n) is 6.72. The SMILES string of the molecule is CC(=O)[C@@H]1[C@@H](c2cnn(C)c2C)n2ncnc2N[C@@]1(C)O. The lowest BCUT2D eigenvalue weighted by Gasteiger charge is -2.41. The lowest BCUT2D eigenvalue weighted by Crippen LogP contribution is -2.54. The van der Waals surface area contributed by atoms with Gasteiger partial charge in [0.05, 0.1) is 18.2 Å². The van der Waals surface area contributed by atoms with E-state index in [1.165, 1.54) is 13.3 Å². The summed E-state index contributed by atoms with van der Waals surface area (Å²) in [6.45, 7) is 4.98. The smallest absolute Gasteiger partial charge is 0.223 e. The van der Waals surface area contributed by atoms with Crippen molar-refractivity contribution in [3.8, 4) is 0 Å². The Kier molecular flexibility index (Phi) is 2.87. The first kappa shape index (κ1) is 13.7. The predicted molar refractivity (Wildman–Crippen MR) is 74.5 cm³/mol. The Hall–Kier alpha value is -2.22. The number of fused-ring (bicyclic) bond motifs is 1. The number of hydrogen-bond acceptors (Lipinski definition) is 6. The number of carbonyl (C=O) groups is 1. The Morgan fingerprint density at radius 3 is 2.76 bits per heavy atom. The van der Waals surface area contributed by atoms with Gasteiger partial charge in [-0.25, -0.2) is 4.68 Å². The van der Waals surface area contributed by atoms with Crippen LogP contribution in [0.5, 0.6) is 0 Å². The molecule has 8 nitrogen and oxygen atoms in total. The fourth-order valence-corrected chi connectivity index (χ4v) is 3.03. The van der Waals surface area contributed by atoms with Crippen molar-refractivity contribution in [3.63, 3.8) is 0 Å². The van der Waals surface area contributed by atoms with Gasteiger partial charge >= 0.3 is 0 Å². The lowest BCUT2D eigenvalue weighted by atomic mass is 9.81. The summed E-state index contributed by atoms with van der Waals surface area (Å²) in [4.78, 5) is 16.3. The first-order chi connectivity index (χ1) is 9.83. The third-order valence-electron chi connectivity index (χ3n) is 4.15. The topological polar surface area (TPSA) is 97.9 Å². The van der Waals surface area contributed by atoms with E-state index in [0.29, 0.717) is 5.95 Å². The van der Waals surface area contributed by atoms with Crippen molar-refractivity contribution >= 4 is 11.7 Å². The fourth-order valence-electron chi connectivity index (χ4n) is 3.03. The van der Waals surface area contributed by atoms with Gasteiger partial charge in [0.1, 0.15) is 17.8 Å². The van der Waals surface area contributed by atoms with Crippen LogP contribution in [0.25, 0.3) is 0 Å². The maximum absolute atomic E-state index is 12.2. The molecule has 0 amide bonds. The van der Waals surface area contributed by atoms with Crippen LogP contribution in [0, 0.1) is 12.8 Å². The predicted octanol–water partition coefficient (Wildman–Crippen LogP) is 0.249. The molecule has 0 saturated carbocycles. The molecule has 0 unspecified atom stereocenters. The molecule has 21 heavy (non-hydrogen) atoms. The van der Waals surface area contributed by atoms with Crippen LogP contribution in [0.15, 0.2) is 12.5 Å². The zero-order valence-electron chi connectivity index (χ0n) is 12.4. The molecule has 0 spiro atoms. The van der Waals surface area contributed by atoms with Gasteiger partial charge in [-0.15, -0.1) is 0 Å². The van der Waals surface area contributed by atoms with Crippen LogP contribution in [-0.2, 0) is 11.8 Å². The fraction of sp³-hybridized carbons (Fsp3) is 0.538. The van der Waals surface area contributed by atoms with Gasteiger partial charge in [-0.1, -0.05) is 0 Å². The van der Waals surface area contributed by atoms with Gasteiger partial charge in [0.15, 0.2) is 0 Å². The van der Waals surface area contributed by atoms with E-state index in [1.54, 1.807) is 22.5 Å². The third kappa shape index (κ3) is 1.94. The number of rotatable bonds is 2. The highest BCUT2D eigenvalue weighted by atomic mass is 16.3. The maximum atomic E-state index is 12.2. The molecule has 8 heteroatoms. The van der Waals surface area contributed by atoms with Crippen LogP contribution in [0.2, 0.25) is 0 Å². The second-order valence-corrected chi connectivity index (χ2v) is 5.64. The first-order valence-corrected chi connectivity index (χ1v) is 6.72. The molecular formula is C13H18N6O2. The number of aliphatic hydroxyl groups is 1. The minimum Gasteiger partial charge on any atom is -0.370 e. The normalized spacial score (nSPS) is 28.0. The number of Topliss-reactive ketones (excluding diaryl/α,β-unsaturated/α-hetero) is 1. The molecule has 0 radical (unpaired) electrons. The molecule has 112 valence electrons. The highest BCUT2D eigenvalue weighted by Gasteiger charge is 2.49. The van der Waals surface area contributed by atoms with Crippen LogP contribution in [0.1, 0.15) is 31.1 Å². The second kappa shape index (κ2) is 4.39. The average molecular weight is 290 g/mol. The summed E-state index contributed by atoms with van der Waals surface area (Å²) in [5.74, 6) is -0.373. The van der Waals surface area contributed by atoms with E-state index in [4.69, 9.17) is 0 Å². The average Bonchev–Trinajstić information content (AvgIpc) is 2.94. The van der Waals surface area contributed by atoms with Gasteiger partial charge in [0.2, 0.25) is 5.95 Å². The Bertz CT molecular complexity index is 701. The molecule has 0 bridgehead atoms. The zero-order chi connectivity index (χ0) is 15.4. The van der Waals surface area contributed by atoms with E-state index in [-0.39, 0.29) is 5.78 Å². The summed E-state index contributed by atoms with van der Waals surface area (Å²) in [5, 5.41) is 22.0. The molecular weight excluding hydrogens is 272 g/mol. The number of nitrogens with zero attached hydrogens (tertiary/aromatic N) is 5. The standard InChI is InChI=1S/C13H18N6O2/c1-7-9(5-15-18(7)4)11-10(8(2)20)13(3,21)17-12-14-6-16-19(11)12/h5-6,10-11,21H,1-4H3,(H,14,16,17)/t10-,11-,13+/m1/s1. The third-order valence-corrected chi connectivity index (χ3v) is 4.15. The Morgan fingerprint density at radius 2 is 2.19 bits per heavy atom.